The zero-order valence-corrected chi connectivity index (χ0v) is 19.1. The van der Waals surface area contributed by atoms with E-state index < -0.39 is 4.92 Å². The highest BCUT2D eigenvalue weighted by Crippen LogP contribution is 2.30. The lowest BCUT2D eigenvalue weighted by atomic mass is 10.1. The Hall–Kier alpha value is -4.84. The lowest BCUT2D eigenvalue weighted by Gasteiger charge is -2.27. The lowest BCUT2D eigenvalue weighted by Crippen LogP contribution is -2.37. The van der Waals surface area contributed by atoms with Crippen LogP contribution >= 0.6 is 0 Å². The Labute approximate surface area is 205 Å². The maximum absolute atomic E-state index is 11.3. The predicted octanol–water partition coefficient (Wildman–Crippen LogP) is 4.07. The normalized spacial score (nSPS) is 13.6. The van der Waals surface area contributed by atoms with E-state index in [0.717, 1.165) is 5.69 Å². The SMILES string of the molecule is O=[N+]([O-])c1ccccc1-c1ccc(C=NNc2nc(Nc3ccccc3)nc(N3CCOCC3)n2)o1. The van der Waals surface area contributed by atoms with Gasteiger partial charge in [-0.3, -0.25) is 10.1 Å². The Morgan fingerprint density at radius 1 is 0.944 bits per heavy atom. The number of nitro benzene ring substituents is 1. The number of nitrogens with one attached hydrogen (secondary N) is 2. The van der Waals surface area contributed by atoms with Crippen LogP contribution < -0.4 is 15.6 Å². The Morgan fingerprint density at radius 2 is 1.69 bits per heavy atom. The molecule has 2 aromatic carbocycles. The van der Waals surface area contributed by atoms with Gasteiger partial charge in [0.05, 0.1) is 29.9 Å². The van der Waals surface area contributed by atoms with Gasteiger partial charge in [-0.25, -0.2) is 5.43 Å². The molecular formula is C24H22N8O4. The van der Waals surface area contributed by atoms with Gasteiger partial charge >= 0.3 is 0 Å². The molecule has 1 saturated heterocycles. The molecule has 3 heterocycles. The van der Waals surface area contributed by atoms with Gasteiger partial charge < -0.3 is 19.4 Å². The number of aromatic nitrogens is 3. The molecule has 36 heavy (non-hydrogen) atoms. The summed E-state index contributed by atoms with van der Waals surface area (Å²) in [4.78, 5) is 26.3. The minimum absolute atomic E-state index is 0.0345. The van der Waals surface area contributed by atoms with Crippen molar-refractivity contribution in [3.8, 4) is 11.3 Å². The number of ether oxygens (including phenoxy) is 1. The third kappa shape index (κ3) is 5.45. The highest BCUT2D eigenvalue weighted by molar-refractivity contribution is 5.79. The summed E-state index contributed by atoms with van der Waals surface area (Å²) in [6.45, 7) is 2.51. The molecule has 0 amide bonds. The average molecular weight is 486 g/mol. The summed E-state index contributed by atoms with van der Waals surface area (Å²) in [6.07, 6.45) is 1.45. The Morgan fingerprint density at radius 3 is 2.50 bits per heavy atom. The molecule has 4 aromatic rings. The molecule has 0 unspecified atom stereocenters. The molecule has 2 N–H and O–H groups in total. The number of rotatable bonds is 8. The summed E-state index contributed by atoms with van der Waals surface area (Å²) < 4.78 is 11.2. The highest BCUT2D eigenvalue weighted by atomic mass is 16.6. The minimum Gasteiger partial charge on any atom is -0.455 e. The van der Waals surface area contributed by atoms with Crippen molar-refractivity contribution in [3.05, 3.63) is 82.6 Å². The fourth-order valence-corrected chi connectivity index (χ4v) is 3.59. The van der Waals surface area contributed by atoms with E-state index in [2.05, 4.69) is 30.8 Å². The van der Waals surface area contributed by atoms with Crippen LogP contribution in [0.4, 0.5) is 29.2 Å². The topological polar surface area (TPSA) is 144 Å². The first-order chi connectivity index (χ1) is 17.7. The number of nitrogens with zero attached hydrogens (tertiary/aromatic N) is 6. The second kappa shape index (κ2) is 10.6. The van der Waals surface area contributed by atoms with Gasteiger partial charge in [0.15, 0.2) is 0 Å². The number of para-hydroxylation sites is 2. The number of morpholine rings is 1. The number of hydrogen-bond donors (Lipinski definition) is 2. The number of anilines is 4. The maximum atomic E-state index is 11.3. The van der Waals surface area contributed by atoms with Gasteiger partial charge in [0.1, 0.15) is 11.5 Å². The third-order valence-corrected chi connectivity index (χ3v) is 5.30. The van der Waals surface area contributed by atoms with Gasteiger partial charge in [-0.2, -0.15) is 20.1 Å². The fourth-order valence-electron chi connectivity index (χ4n) is 3.59. The molecule has 12 heteroatoms. The number of furan rings is 1. The van der Waals surface area contributed by atoms with Crippen LogP contribution in [-0.2, 0) is 4.74 Å². The average Bonchev–Trinajstić information content (AvgIpc) is 3.38. The predicted molar refractivity (Wildman–Crippen MR) is 135 cm³/mol. The molecule has 12 nitrogen and oxygen atoms in total. The molecule has 0 atom stereocenters. The van der Waals surface area contributed by atoms with E-state index in [-0.39, 0.29) is 11.6 Å². The molecule has 0 bridgehead atoms. The van der Waals surface area contributed by atoms with E-state index in [9.17, 15) is 10.1 Å². The summed E-state index contributed by atoms with van der Waals surface area (Å²) in [5.41, 5.74) is 4.01. The highest BCUT2D eigenvalue weighted by Gasteiger charge is 2.18. The van der Waals surface area contributed by atoms with Gasteiger partial charge in [0.25, 0.3) is 5.69 Å². The molecule has 5 rings (SSSR count). The largest absolute Gasteiger partial charge is 0.455 e. The first-order valence-electron chi connectivity index (χ1n) is 11.2. The zero-order valence-electron chi connectivity index (χ0n) is 19.1. The monoisotopic (exact) mass is 486 g/mol. The van der Waals surface area contributed by atoms with Crippen molar-refractivity contribution < 1.29 is 14.1 Å². The van der Waals surface area contributed by atoms with Crippen molar-refractivity contribution in [1.82, 2.24) is 15.0 Å². The van der Waals surface area contributed by atoms with Crippen LogP contribution in [0.15, 0.2) is 76.2 Å². The molecule has 1 aliphatic rings. The Balaban J connectivity index is 1.35. The molecule has 0 aliphatic carbocycles. The zero-order chi connectivity index (χ0) is 24.7. The molecule has 1 fully saturated rings. The molecule has 2 aromatic heterocycles. The van der Waals surface area contributed by atoms with Crippen LogP contribution in [-0.4, -0.2) is 52.4 Å². The lowest BCUT2D eigenvalue weighted by molar-refractivity contribution is -0.384. The van der Waals surface area contributed by atoms with Crippen molar-refractivity contribution in [3.63, 3.8) is 0 Å². The molecular weight excluding hydrogens is 464 g/mol. The second-order valence-electron chi connectivity index (χ2n) is 7.72. The molecule has 182 valence electrons. The van der Waals surface area contributed by atoms with Gasteiger partial charge in [-0.1, -0.05) is 30.3 Å². The van der Waals surface area contributed by atoms with Crippen molar-refractivity contribution >= 4 is 35.4 Å². The standard InChI is InChI=1S/C24H22N8O4/c33-32(34)20-9-5-4-8-19(20)21-11-10-18(36-21)16-25-30-23-27-22(26-17-6-2-1-3-7-17)28-24(29-23)31-12-14-35-15-13-31/h1-11,16H,12-15H2,(H2,26,27,28,29,30). The number of nitro groups is 1. The van der Waals surface area contributed by atoms with E-state index in [1.807, 2.05) is 35.2 Å². The van der Waals surface area contributed by atoms with Gasteiger partial charge in [-0.05, 0) is 30.3 Å². The van der Waals surface area contributed by atoms with Crippen LogP contribution in [0.25, 0.3) is 11.3 Å². The number of hydrogen-bond acceptors (Lipinski definition) is 11. The second-order valence-corrected chi connectivity index (χ2v) is 7.72. The number of benzene rings is 2. The smallest absolute Gasteiger partial charge is 0.280 e. The Bertz CT molecular complexity index is 1370. The summed E-state index contributed by atoms with van der Waals surface area (Å²) in [5.74, 6) is 1.88. The van der Waals surface area contributed by atoms with E-state index >= 15 is 0 Å². The summed E-state index contributed by atoms with van der Waals surface area (Å²) in [7, 11) is 0. The van der Waals surface area contributed by atoms with Crippen molar-refractivity contribution in [2.24, 2.45) is 5.10 Å². The van der Waals surface area contributed by atoms with Gasteiger partial charge in [0, 0.05) is 24.8 Å². The summed E-state index contributed by atoms with van der Waals surface area (Å²) in [5, 5.41) is 18.7. The fraction of sp³-hybridized carbons (Fsp3) is 0.167. The van der Waals surface area contributed by atoms with Gasteiger partial charge in [-0.15, -0.1) is 0 Å². The molecule has 0 radical (unpaired) electrons. The molecule has 0 saturated carbocycles. The first-order valence-corrected chi connectivity index (χ1v) is 11.2. The Kier molecular flexibility index (Phi) is 6.76. The quantitative estimate of drug-likeness (QED) is 0.212. The van der Waals surface area contributed by atoms with Crippen LogP contribution in [0.1, 0.15) is 5.76 Å². The van der Waals surface area contributed by atoms with Crippen LogP contribution in [0.2, 0.25) is 0 Å². The maximum Gasteiger partial charge on any atom is 0.280 e. The van der Waals surface area contributed by atoms with Crippen molar-refractivity contribution in [2.45, 2.75) is 0 Å². The van der Waals surface area contributed by atoms with Gasteiger partial charge in [0.2, 0.25) is 17.8 Å². The summed E-state index contributed by atoms with van der Waals surface area (Å²) >= 11 is 0. The van der Waals surface area contributed by atoms with Crippen LogP contribution in [0.5, 0.6) is 0 Å². The number of hydrazone groups is 1. The van der Waals surface area contributed by atoms with Crippen LogP contribution in [0.3, 0.4) is 0 Å². The van der Waals surface area contributed by atoms with Crippen molar-refractivity contribution in [1.29, 1.82) is 0 Å². The first kappa shape index (κ1) is 22.9. The molecule has 1 aliphatic heterocycles. The minimum atomic E-state index is -0.443. The van der Waals surface area contributed by atoms with Crippen molar-refractivity contribution in [2.75, 3.05) is 41.9 Å². The third-order valence-electron chi connectivity index (χ3n) is 5.30. The van der Waals surface area contributed by atoms with Crippen LogP contribution in [0, 0.1) is 10.1 Å². The van der Waals surface area contributed by atoms with E-state index in [4.69, 9.17) is 9.15 Å². The summed E-state index contributed by atoms with van der Waals surface area (Å²) in [6, 6.07) is 19.3. The van der Waals surface area contributed by atoms with E-state index in [1.54, 1.807) is 30.3 Å². The molecule has 0 spiro atoms. The van der Waals surface area contributed by atoms with E-state index in [0.29, 0.717) is 55.3 Å². The van der Waals surface area contributed by atoms with E-state index in [1.165, 1.54) is 12.3 Å².